The molecule has 3 aromatic carbocycles. The summed E-state index contributed by atoms with van der Waals surface area (Å²) in [5.74, 6) is -2.97. The maximum absolute atomic E-state index is 14.1. The number of benzene rings is 3. The van der Waals surface area contributed by atoms with E-state index in [0.717, 1.165) is 24.3 Å². The van der Waals surface area contributed by atoms with E-state index in [1.54, 1.807) is 18.2 Å². The van der Waals surface area contributed by atoms with Gasteiger partial charge < -0.3 is 20.6 Å². The Hall–Kier alpha value is -4.01. The molecule has 0 spiro atoms. The summed E-state index contributed by atoms with van der Waals surface area (Å²) in [6.07, 6.45) is 0. The fourth-order valence-electron chi connectivity index (χ4n) is 4.04. The molecule has 0 radical (unpaired) electrons. The van der Waals surface area contributed by atoms with E-state index in [4.69, 9.17) is 0 Å². The third-order valence-corrected chi connectivity index (χ3v) is 5.46. The molecule has 0 aliphatic heterocycles. The van der Waals surface area contributed by atoms with E-state index in [-0.39, 0.29) is 28.7 Å². The van der Waals surface area contributed by atoms with E-state index in [9.17, 15) is 27.9 Å². The number of urea groups is 1. The molecule has 3 aromatic rings. The molecule has 0 aliphatic rings. The lowest BCUT2D eigenvalue weighted by molar-refractivity contribution is 0.0697. The summed E-state index contributed by atoms with van der Waals surface area (Å²) in [5.41, 5.74) is 1.19. The number of halogens is 3. The van der Waals surface area contributed by atoms with Crippen LogP contribution in [0.4, 0.5) is 35.0 Å². The van der Waals surface area contributed by atoms with E-state index >= 15 is 0 Å². The minimum absolute atomic E-state index is 0.0980. The van der Waals surface area contributed by atoms with Gasteiger partial charge in [0, 0.05) is 19.2 Å². The number of nitrogens with one attached hydrogen (secondary N) is 2. The summed E-state index contributed by atoms with van der Waals surface area (Å²) in [6.45, 7) is 9.58. The van der Waals surface area contributed by atoms with Gasteiger partial charge in [-0.05, 0) is 65.4 Å². The first-order chi connectivity index (χ1) is 17.4. The number of carbonyl (C=O) groups is 2. The van der Waals surface area contributed by atoms with Crippen molar-refractivity contribution in [3.05, 3.63) is 77.6 Å². The second-order valence-corrected chi connectivity index (χ2v) is 9.62. The first-order valence-corrected chi connectivity index (χ1v) is 11.9. The number of amides is 2. The van der Waals surface area contributed by atoms with Crippen molar-refractivity contribution in [2.75, 3.05) is 28.6 Å². The Morgan fingerprint density at radius 3 is 2.00 bits per heavy atom. The normalized spacial score (nSPS) is 11.1. The van der Waals surface area contributed by atoms with Gasteiger partial charge in [0.2, 0.25) is 0 Å². The van der Waals surface area contributed by atoms with E-state index in [1.165, 1.54) is 6.07 Å². The molecule has 0 heterocycles. The minimum atomic E-state index is -1.22. The SMILES string of the molecule is CC(C)CN(CC(C)C)c1ccc(-c2cc(F)ccc2C(=O)O)cc1NC(=O)Nc1ccc(F)cc1F. The Kier molecular flexibility index (Phi) is 8.81. The van der Waals surface area contributed by atoms with E-state index < -0.39 is 29.5 Å². The van der Waals surface area contributed by atoms with Gasteiger partial charge in [-0.1, -0.05) is 33.8 Å². The van der Waals surface area contributed by atoms with Crippen LogP contribution < -0.4 is 15.5 Å². The van der Waals surface area contributed by atoms with Crippen LogP contribution in [-0.2, 0) is 0 Å². The fraction of sp³-hybridized carbons (Fsp3) is 0.286. The zero-order valence-corrected chi connectivity index (χ0v) is 21.1. The van der Waals surface area contributed by atoms with Crippen molar-refractivity contribution in [2.45, 2.75) is 27.7 Å². The second kappa shape index (κ2) is 11.8. The highest BCUT2D eigenvalue weighted by Crippen LogP contribution is 2.34. The molecule has 0 fully saturated rings. The fourth-order valence-corrected chi connectivity index (χ4v) is 4.04. The molecule has 3 rings (SSSR count). The summed E-state index contributed by atoms with van der Waals surface area (Å²) in [4.78, 5) is 26.7. The first-order valence-electron chi connectivity index (χ1n) is 11.9. The van der Waals surface area contributed by atoms with Crippen LogP contribution in [0.5, 0.6) is 0 Å². The van der Waals surface area contributed by atoms with Gasteiger partial charge >= 0.3 is 12.0 Å². The summed E-state index contributed by atoms with van der Waals surface area (Å²) in [7, 11) is 0. The van der Waals surface area contributed by atoms with Crippen LogP contribution >= 0.6 is 0 Å². The number of hydrogen-bond acceptors (Lipinski definition) is 3. The quantitative estimate of drug-likeness (QED) is 0.282. The number of nitrogens with zero attached hydrogens (tertiary/aromatic N) is 1. The highest BCUT2D eigenvalue weighted by Gasteiger charge is 2.20. The molecule has 6 nitrogen and oxygen atoms in total. The zero-order valence-electron chi connectivity index (χ0n) is 21.1. The lowest BCUT2D eigenvalue weighted by Crippen LogP contribution is -2.32. The second-order valence-electron chi connectivity index (χ2n) is 9.62. The molecule has 2 amide bonds. The molecule has 196 valence electrons. The highest BCUT2D eigenvalue weighted by molar-refractivity contribution is 6.03. The average molecular weight is 514 g/mol. The molecule has 0 aromatic heterocycles. The van der Waals surface area contributed by atoms with Crippen molar-refractivity contribution in [2.24, 2.45) is 11.8 Å². The molecule has 9 heteroatoms. The number of anilines is 3. The number of carboxylic acids is 1. The van der Waals surface area contributed by atoms with E-state index in [2.05, 4.69) is 43.2 Å². The molecule has 0 saturated carbocycles. The standard InChI is InChI=1S/C28H30F3N3O3/c1-16(2)14-34(15-17(3)4)26-10-5-18(22-12-19(29)6-8-21(22)27(35)36)11-25(26)33-28(37)32-24-9-7-20(30)13-23(24)31/h5-13,16-17H,14-15H2,1-4H3,(H,35,36)(H2,32,33,37). The van der Waals surface area contributed by atoms with Crippen molar-refractivity contribution in [1.29, 1.82) is 0 Å². The topological polar surface area (TPSA) is 81.7 Å². The molecule has 3 N–H and O–H groups in total. The van der Waals surface area contributed by atoms with Gasteiger partial charge in [-0.25, -0.2) is 22.8 Å². The maximum atomic E-state index is 14.1. The molecule has 37 heavy (non-hydrogen) atoms. The first kappa shape index (κ1) is 27.6. The number of carbonyl (C=O) groups excluding carboxylic acids is 1. The third kappa shape index (κ3) is 7.25. The Morgan fingerprint density at radius 1 is 0.811 bits per heavy atom. The molecule has 0 aliphatic carbocycles. The Labute approximate surface area is 214 Å². The van der Waals surface area contributed by atoms with Gasteiger partial charge in [-0.15, -0.1) is 0 Å². The van der Waals surface area contributed by atoms with Crippen LogP contribution in [0, 0.1) is 29.3 Å². The summed E-state index contributed by atoms with van der Waals surface area (Å²) in [6, 6.07) is 10.4. The van der Waals surface area contributed by atoms with Crippen molar-refractivity contribution in [3.8, 4) is 11.1 Å². The smallest absolute Gasteiger partial charge is 0.336 e. The molecule has 0 saturated heterocycles. The van der Waals surface area contributed by atoms with Crippen LogP contribution in [-0.4, -0.2) is 30.2 Å². The van der Waals surface area contributed by atoms with Gasteiger partial charge in [0.25, 0.3) is 0 Å². The van der Waals surface area contributed by atoms with Crippen molar-refractivity contribution in [1.82, 2.24) is 0 Å². The van der Waals surface area contributed by atoms with Crippen molar-refractivity contribution >= 4 is 29.1 Å². The molecule has 0 atom stereocenters. The van der Waals surface area contributed by atoms with E-state index in [1.807, 2.05) is 0 Å². The number of aromatic carboxylic acids is 1. The van der Waals surface area contributed by atoms with Gasteiger partial charge in [-0.2, -0.15) is 0 Å². The van der Waals surface area contributed by atoms with Crippen LogP contribution in [0.25, 0.3) is 11.1 Å². The van der Waals surface area contributed by atoms with Crippen molar-refractivity contribution < 1.29 is 27.9 Å². The molecule has 0 unspecified atom stereocenters. The Balaban J connectivity index is 2.08. The number of hydrogen-bond donors (Lipinski definition) is 3. The summed E-state index contributed by atoms with van der Waals surface area (Å²) >= 11 is 0. The average Bonchev–Trinajstić information content (AvgIpc) is 2.79. The Bertz CT molecular complexity index is 1280. The summed E-state index contributed by atoms with van der Waals surface area (Å²) in [5, 5.41) is 14.7. The number of rotatable bonds is 9. The maximum Gasteiger partial charge on any atom is 0.336 e. The lowest BCUT2D eigenvalue weighted by Gasteiger charge is -2.31. The van der Waals surface area contributed by atoms with Gasteiger partial charge in [0.1, 0.15) is 17.5 Å². The van der Waals surface area contributed by atoms with Crippen molar-refractivity contribution in [3.63, 3.8) is 0 Å². The van der Waals surface area contributed by atoms with Crippen LogP contribution in [0.3, 0.4) is 0 Å². The minimum Gasteiger partial charge on any atom is -0.478 e. The predicted octanol–water partition coefficient (Wildman–Crippen LogP) is 7.23. The third-order valence-electron chi connectivity index (χ3n) is 5.46. The Morgan fingerprint density at radius 2 is 1.41 bits per heavy atom. The van der Waals surface area contributed by atoms with Crippen LogP contribution in [0.2, 0.25) is 0 Å². The highest BCUT2D eigenvalue weighted by atomic mass is 19.1. The summed E-state index contributed by atoms with van der Waals surface area (Å²) < 4.78 is 41.4. The zero-order chi connectivity index (χ0) is 27.3. The molecular formula is C28H30F3N3O3. The van der Waals surface area contributed by atoms with Gasteiger partial charge in [0.15, 0.2) is 0 Å². The predicted molar refractivity (Wildman–Crippen MR) is 140 cm³/mol. The largest absolute Gasteiger partial charge is 0.478 e. The molecule has 0 bridgehead atoms. The monoisotopic (exact) mass is 513 g/mol. The lowest BCUT2D eigenvalue weighted by atomic mass is 9.98. The van der Waals surface area contributed by atoms with Crippen LogP contribution in [0.1, 0.15) is 38.1 Å². The molecular weight excluding hydrogens is 483 g/mol. The number of carboxylic acid groups (broad SMARTS) is 1. The van der Waals surface area contributed by atoms with E-state index in [0.29, 0.717) is 36.1 Å². The van der Waals surface area contributed by atoms with Gasteiger partial charge in [0.05, 0.1) is 22.6 Å². The van der Waals surface area contributed by atoms with Gasteiger partial charge in [-0.3, -0.25) is 0 Å². The van der Waals surface area contributed by atoms with Crippen LogP contribution in [0.15, 0.2) is 54.6 Å².